The summed E-state index contributed by atoms with van der Waals surface area (Å²) in [6.07, 6.45) is 0. The first-order chi connectivity index (χ1) is 14.5. The van der Waals surface area contributed by atoms with E-state index in [0.29, 0.717) is 5.69 Å². The van der Waals surface area contributed by atoms with Crippen LogP contribution >= 0.6 is 0 Å². The van der Waals surface area contributed by atoms with E-state index in [0.717, 1.165) is 17.7 Å². The number of amides is 1. The number of nitrogens with two attached hydrogens (primary N) is 1. The number of phenols is 2. The van der Waals surface area contributed by atoms with Crippen molar-refractivity contribution in [1.29, 1.82) is 0 Å². The van der Waals surface area contributed by atoms with E-state index in [1.807, 2.05) is 20.8 Å². The maximum absolute atomic E-state index is 12.7. The Morgan fingerprint density at radius 1 is 1.13 bits per heavy atom. The number of rotatable bonds is 7. The summed E-state index contributed by atoms with van der Waals surface area (Å²) in [5.41, 5.74) is 6.83. The summed E-state index contributed by atoms with van der Waals surface area (Å²) in [4.78, 5) is 11.5. The van der Waals surface area contributed by atoms with Gasteiger partial charge in [-0.1, -0.05) is 31.5 Å². The number of carbonyl (C=O) groups excluding carboxylic acids is 1. The van der Waals surface area contributed by atoms with Crippen molar-refractivity contribution in [3.8, 4) is 28.6 Å². The van der Waals surface area contributed by atoms with Gasteiger partial charge in [-0.3, -0.25) is 9.36 Å². The number of sulfonamides is 1. The Hall–Kier alpha value is -3.44. The van der Waals surface area contributed by atoms with Crippen LogP contribution in [0.25, 0.3) is 17.1 Å². The molecule has 0 atom stereocenters. The number of nitrogens with one attached hydrogen (secondary N) is 1. The molecule has 0 radical (unpaired) electrons. The van der Waals surface area contributed by atoms with Gasteiger partial charge >= 0.3 is 0 Å². The van der Waals surface area contributed by atoms with Crippen LogP contribution < -0.4 is 10.5 Å². The van der Waals surface area contributed by atoms with E-state index < -0.39 is 32.3 Å². The molecule has 0 saturated carbocycles. The second-order valence-electron chi connectivity index (χ2n) is 7.47. The number of phenolic OH excluding ortho intramolecular Hbond substituents is 2. The molecule has 1 aromatic heterocycles. The zero-order chi connectivity index (χ0) is 22.9. The third-order valence-corrected chi connectivity index (χ3v) is 5.92. The quantitative estimate of drug-likeness (QED) is 0.430. The largest absolute Gasteiger partial charge is 0.507 e. The second kappa shape index (κ2) is 8.36. The van der Waals surface area contributed by atoms with Gasteiger partial charge in [0.25, 0.3) is 5.91 Å². The van der Waals surface area contributed by atoms with Gasteiger partial charge in [-0.25, -0.2) is 13.1 Å². The Morgan fingerprint density at radius 3 is 2.35 bits per heavy atom. The van der Waals surface area contributed by atoms with E-state index in [1.54, 1.807) is 24.3 Å². The van der Waals surface area contributed by atoms with Crippen molar-refractivity contribution in [3.05, 3.63) is 47.8 Å². The van der Waals surface area contributed by atoms with Crippen LogP contribution in [-0.4, -0.2) is 45.8 Å². The number of primary amides is 1. The van der Waals surface area contributed by atoms with Crippen LogP contribution in [0.3, 0.4) is 0 Å². The van der Waals surface area contributed by atoms with Crippen molar-refractivity contribution in [1.82, 2.24) is 19.5 Å². The molecule has 0 unspecified atom stereocenters. The summed E-state index contributed by atoms with van der Waals surface area (Å²) < 4.78 is 29.1. The minimum atomic E-state index is -4.09. The summed E-state index contributed by atoms with van der Waals surface area (Å²) >= 11 is 0. The lowest BCUT2D eigenvalue weighted by molar-refractivity contribution is 0.0988. The third-order valence-electron chi connectivity index (χ3n) is 4.46. The van der Waals surface area contributed by atoms with E-state index >= 15 is 0 Å². The topological polar surface area (TPSA) is 160 Å². The van der Waals surface area contributed by atoms with Crippen molar-refractivity contribution in [2.24, 2.45) is 11.7 Å². The fourth-order valence-corrected chi connectivity index (χ4v) is 4.18. The summed E-state index contributed by atoms with van der Waals surface area (Å²) in [6.45, 7) is 5.71. The highest BCUT2D eigenvalue weighted by molar-refractivity contribution is 7.89. The van der Waals surface area contributed by atoms with Gasteiger partial charge in [0, 0.05) is 18.3 Å². The predicted molar refractivity (Wildman–Crippen MR) is 113 cm³/mol. The molecule has 0 aliphatic heterocycles. The molecule has 1 amide bonds. The van der Waals surface area contributed by atoms with Crippen LogP contribution in [-0.2, 0) is 10.0 Å². The Morgan fingerprint density at radius 2 is 1.77 bits per heavy atom. The standard InChI is InChI=1S/C20H23N5O5S/c1-11(2)10-22-31(29,30)17-8-14(15(26)9-16(17)27)19-23-24-20(18(21)28)25(19)13-6-4-12(3)5-7-13/h4-9,11,22,26-27H,10H2,1-3H3,(H2,21,28). The van der Waals surface area contributed by atoms with Gasteiger partial charge < -0.3 is 15.9 Å². The minimum absolute atomic E-state index is 0.0181. The van der Waals surface area contributed by atoms with Crippen molar-refractivity contribution >= 4 is 15.9 Å². The van der Waals surface area contributed by atoms with Gasteiger partial charge in [0.05, 0.1) is 5.56 Å². The van der Waals surface area contributed by atoms with Gasteiger partial charge in [0.1, 0.15) is 16.4 Å². The Balaban J connectivity index is 2.22. The molecule has 5 N–H and O–H groups in total. The average Bonchev–Trinajstić information content (AvgIpc) is 3.12. The van der Waals surface area contributed by atoms with Gasteiger partial charge in [-0.05, 0) is 31.0 Å². The molecule has 3 aromatic rings. The third kappa shape index (κ3) is 4.52. The average molecular weight is 446 g/mol. The lowest BCUT2D eigenvalue weighted by Gasteiger charge is -2.14. The lowest BCUT2D eigenvalue weighted by Crippen LogP contribution is -2.27. The van der Waals surface area contributed by atoms with Crippen molar-refractivity contribution in [3.63, 3.8) is 0 Å². The maximum Gasteiger partial charge on any atom is 0.287 e. The highest BCUT2D eigenvalue weighted by Gasteiger charge is 2.26. The molecular weight excluding hydrogens is 422 g/mol. The molecule has 0 spiro atoms. The summed E-state index contributed by atoms with van der Waals surface area (Å²) in [5, 5.41) is 28.4. The van der Waals surface area contributed by atoms with Gasteiger partial charge in [-0.2, -0.15) is 0 Å². The van der Waals surface area contributed by atoms with Crippen LogP contribution in [0, 0.1) is 12.8 Å². The fourth-order valence-electron chi connectivity index (χ4n) is 2.86. The zero-order valence-corrected chi connectivity index (χ0v) is 18.0. The fraction of sp³-hybridized carbons (Fsp3) is 0.250. The number of aromatic hydroxyl groups is 2. The van der Waals surface area contributed by atoms with Gasteiger partial charge in [-0.15, -0.1) is 10.2 Å². The van der Waals surface area contributed by atoms with Crippen molar-refractivity contribution in [2.45, 2.75) is 25.7 Å². The van der Waals surface area contributed by atoms with Crippen LogP contribution in [0.5, 0.6) is 11.5 Å². The van der Waals surface area contributed by atoms with E-state index in [1.165, 1.54) is 4.57 Å². The van der Waals surface area contributed by atoms with Crippen LogP contribution in [0.15, 0.2) is 41.3 Å². The Bertz CT molecular complexity index is 1230. The number of hydrogen-bond donors (Lipinski definition) is 4. The van der Waals surface area contributed by atoms with E-state index in [4.69, 9.17) is 5.73 Å². The molecular formula is C20H23N5O5S. The van der Waals surface area contributed by atoms with Crippen LogP contribution in [0.2, 0.25) is 0 Å². The first-order valence-corrected chi connectivity index (χ1v) is 10.9. The SMILES string of the molecule is Cc1ccc(-n2c(C(N)=O)nnc2-c2cc(S(=O)(=O)NCC(C)C)c(O)cc2O)cc1. The predicted octanol–water partition coefficient (Wildman–Crippen LogP) is 1.69. The summed E-state index contributed by atoms with van der Waals surface area (Å²) in [5.74, 6) is -2.12. The summed E-state index contributed by atoms with van der Waals surface area (Å²) in [6, 6.07) is 8.98. The monoisotopic (exact) mass is 445 g/mol. The molecule has 0 fully saturated rings. The molecule has 0 aliphatic carbocycles. The highest BCUT2D eigenvalue weighted by Crippen LogP contribution is 2.37. The normalized spacial score (nSPS) is 11.7. The van der Waals surface area contributed by atoms with E-state index in [-0.39, 0.29) is 29.7 Å². The lowest BCUT2D eigenvalue weighted by atomic mass is 10.1. The van der Waals surface area contributed by atoms with Gasteiger partial charge in [0.2, 0.25) is 15.8 Å². The maximum atomic E-state index is 12.7. The number of aryl methyl sites for hydroxylation is 1. The molecule has 2 aromatic carbocycles. The molecule has 10 nitrogen and oxygen atoms in total. The smallest absolute Gasteiger partial charge is 0.287 e. The van der Waals surface area contributed by atoms with E-state index in [9.17, 15) is 23.4 Å². The Kier molecular flexibility index (Phi) is 6.00. The van der Waals surface area contributed by atoms with E-state index in [2.05, 4.69) is 14.9 Å². The zero-order valence-electron chi connectivity index (χ0n) is 17.2. The number of aromatic nitrogens is 3. The first-order valence-electron chi connectivity index (χ1n) is 9.39. The highest BCUT2D eigenvalue weighted by atomic mass is 32.2. The number of benzene rings is 2. The molecule has 11 heteroatoms. The first kappa shape index (κ1) is 22.2. The molecule has 3 rings (SSSR count). The molecule has 0 aliphatic rings. The molecule has 0 bridgehead atoms. The van der Waals surface area contributed by atoms with Crippen LogP contribution in [0.4, 0.5) is 0 Å². The number of nitrogens with zero attached hydrogens (tertiary/aromatic N) is 3. The molecule has 1 heterocycles. The van der Waals surface area contributed by atoms with Crippen molar-refractivity contribution < 1.29 is 23.4 Å². The molecule has 0 saturated heterocycles. The number of hydrogen-bond acceptors (Lipinski definition) is 7. The van der Waals surface area contributed by atoms with Crippen molar-refractivity contribution in [2.75, 3.05) is 6.54 Å². The van der Waals surface area contributed by atoms with Crippen LogP contribution in [0.1, 0.15) is 30.0 Å². The number of carbonyl (C=O) groups is 1. The minimum Gasteiger partial charge on any atom is -0.507 e. The molecule has 31 heavy (non-hydrogen) atoms. The molecule has 164 valence electrons. The summed E-state index contributed by atoms with van der Waals surface area (Å²) in [7, 11) is -4.09. The Labute approximate surface area is 179 Å². The van der Waals surface area contributed by atoms with Gasteiger partial charge in [0.15, 0.2) is 5.82 Å². The second-order valence-corrected chi connectivity index (χ2v) is 9.20.